The number of carbonyl (C=O) groups is 1. The molecule has 0 aliphatic heterocycles. The van der Waals surface area contributed by atoms with Crippen molar-refractivity contribution in [3.05, 3.63) is 0 Å². The van der Waals surface area contributed by atoms with Crippen molar-refractivity contribution < 1.29 is 4.79 Å². The quantitative estimate of drug-likeness (QED) is 0.447. The van der Waals surface area contributed by atoms with Gasteiger partial charge in [-0.2, -0.15) is 12.6 Å². The lowest BCUT2D eigenvalue weighted by Gasteiger charge is -2.09. The van der Waals surface area contributed by atoms with E-state index in [1.165, 1.54) is 6.92 Å². The Morgan fingerprint density at radius 1 is 1.90 bits per heavy atom. The molecule has 0 aliphatic rings. The topological polar surface area (TPSA) is 29.1 Å². The van der Waals surface area contributed by atoms with Crippen LogP contribution in [-0.4, -0.2) is 24.1 Å². The molecule has 0 spiro atoms. The third-order valence-electron chi connectivity index (χ3n) is 1.12. The summed E-state index contributed by atoms with van der Waals surface area (Å²) >= 11 is 3.98. The second-order valence-corrected chi connectivity index (χ2v) is 2.30. The first-order valence-corrected chi connectivity index (χ1v) is 3.63. The van der Waals surface area contributed by atoms with Crippen LogP contribution in [0.1, 0.15) is 6.92 Å². The fraction of sp³-hybridized carbons (Fsp3) is 0.571. The number of Topliss-reactive ketones (excluding diaryl/α,β-unsaturated/α-hetero) is 1. The van der Waals surface area contributed by atoms with Crippen molar-refractivity contribution in [2.24, 2.45) is 0 Å². The van der Waals surface area contributed by atoms with Crippen molar-refractivity contribution in [2.45, 2.75) is 13.0 Å². The van der Waals surface area contributed by atoms with Gasteiger partial charge >= 0.3 is 0 Å². The second-order valence-electron chi connectivity index (χ2n) is 1.93. The average Bonchev–Trinajstić information content (AvgIpc) is 1.89. The van der Waals surface area contributed by atoms with Gasteiger partial charge in [-0.1, -0.05) is 5.92 Å². The molecule has 0 unspecified atom stereocenters. The molecule has 0 amide bonds. The van der Waals surface area contributed by atoms with Crippen molar-refractivity contribution >= 4 is 18.4 Å². The monoisotopic (exact) mass is 157 g/mol. The predicted octanol–water partition coefficient (Wildman–Crippen LogP) is 0.0966. The number of thiol groups is 1. The van der Waals surface area contributed by atoms with Gasteiger partial charge in [0.15, 0.2) is 0 Å². The van der Waals surface area contributed by atoms with Crippen LogP contribution in [0.2, 0.25) is 0 Å². The fourth-order valence-electron chi connectivity index (χ4n) is 0.519. The van der Waals surface area contributed by atoms with E-state index >= 15 is 0 Å². The number of hydrogen-bond donors (Lipinski definition) is 2. The Morgan fingerprint density at radius 2 is 2.50 bits per heavy atom. The van der Waals surface area contributed by atoms with Gasteiger partial charge in [0, 0.05) is 5.75 Å². The average molecular weight is 157 g/mol. The van der Waals surface area contributed by atoms with E-state index in [0.717, 1.165) is 0 Å². The molecule has 0 aromatic rings. The lowest BCUT2D eigenvalue weighted by atomic mass is 10.2. The van der Waals surface area contributed by atoms with E-state index in [-0.39, 0.29) is 11.8 Å². The number of nitrogens with one attached hydrogen (secondary N) is 1. The summed E-state index contributed by atoms with van der Waals surface area (Å²) in [6.45, 7) is 1.94. The van der Waals surface area contributed by atoms with E-state index in [9.17, 15) is 4.79 Å². The minimum atomic E-state index is -0.195. The molecule has 0 heterocycles. The van der Waals surface area contributed by atoms with E-state index in [1.807, 2.05) is 0 Å². The Bertz CT molecular complexity index is 150. The molecule has 0 rings (SSSR count). The Hall–Kier alpha value is -0.460. The molecule has 1 N–H and O–H groups in total. The molecule has 0 bridgehead atoms. The third-order valence-corrected chi connectivity index (χ3v) is 1.49. The van der Waals surface area contributed by atoms with Crippen molar-refractivity contribution in [3.8, 4) is 12.3 Å². The maximum atomic E-state index is 10.7. The van der Waals surface area contributed by atoms with Crippen molar-refractivity contribution in [1.82, 2.24) is 5.32 Å². The van der Waals surface area contributed by atoms with Crippen LogP contribution in [0.15, 0.2) is 0 Å². The summed E-state index contributed by atoms with van der Waals surface area (Å²) < 4.78 is 0. The maximum Gasteiger partial charge on any atom is 0.147 e. The number of ketones is 1. The summed E-state index contributed by atoms with van der Waals surface area (Å²) in [5.41, 5.74) is 0. The molecule has 0 fully saturated rings. The van der Waals surface area contributed by atoms with Gasteiger partial charge in [-0.25, -0.2) is 0 Å². The smallest absolute Gasteiger partial charge is 0.147 e. The number of terminal acetylenes is 1. The zero-order valence-electron chi connectivity index (χ0n) is 5.92. The van der Waals surface area contributed by atoms with E-state index < -0.39 is 0 Å². The molecule has 0 aromatic heterocycles. The van der Waals surface area contributed by atoms with E-state index in [0.29, 0.717) is 12.3 Å². The summed E-state index contributed by atoms with van der Waals surface area (Å²) in [4.78, 5) is 10.7. The predicted molar refractivity (Wildman–Crippen MR) is 45.2 cm³/mol. The molecule has 0 saturated carbocycles. The Morgan fingerprint density at radius 3 is 2.80 bits per heavy atom. The zero-order chi connectivity index (χ0) is 7.98. The molecule has 2 nitrogen and oxygen atoms in total. The molecule has 0 saturated heterocycles. The highest BCUT2D eigenvalue weighted by molar-refractivity contribution is 7.80. The molecule has 1 atom stereocenters. The van der Waals surface area contributed by atoms with Crippen LogP contribution in [0.3, 0.4) is 0 Å². The molecule has 0 aliphatic carbocycles. The molecule has 56 valence electrons. The lowest BCUT2D eigenvalue weighted by molar-refractivity contribution is -0.118. The van der Waals surface area contributed by atoms with Crippen LogP contribution in [0.4, 0.5) is 0 Å². The van der Waals surface area contributed by atoms with Gasteiger partial charge in [-0.05, 0) is 6.92 Å². The van der Waals surface area contributed by atoms with Gasteiger partial charge in [0.25, 0.3) is 0 Å². The molecule has 3 heteroatoms. The summed E-state index contributed by atoms with van der Waals surface area (Å²) in [5, 5.41) is 2.86. The third kappa shape index (κ3) is 3.54. The van der Waals surface area contributed by atoms with E-state index in [4.69, 9.17) is 6.42 Å². The number of carbonyl (C=O) groups excluding carboxylic acids is 1. The zero-order valence-corrected chi connectivity index (χ0v) is 6.82. The molecular formula is C7H11NOS. The van der Waals surface area contributed by atoms with Gasteiger partial charge in [-0.3, -0.25) is 10.1 Å². The maximum absolute atomic E-state index is 10.7. The molecule has 0 aromatic carbocycles. The fourth-order valence-corrected chi connectivity index (χ4v) is 0.905. The van der Waals surface area contributed by atoms with Crippen LogP contribution >= 0.6 is 12.6 Å². The Kier molecular flexibility index (Phi) is 5.09. The van der Waals surface area contributed by atoms with Crippen LogP contribution in [0, 0.1) is 12.3 Å². The number of rotatable bonds is 4. The van der Waals surface area contributed by atoms with Crippen LogP contribution < -0.4 is 5.32 Å². The van der Waals surface area contributed by atoms with Crippen LogP contribution in [0.5, 0.6) is 0 Å². The molecule has 0 radical (unpaired) electrons. The minimum absolute atomic E-state index is 0.0743. The van der Waals surface area contributed by atoms with Crippen LogP contribution in [0.25, 0.3) is 0 Å². The second kappa shape index (κ2) is 5.33. The Balaban J connectivity index is 3.63. The van der Waals surface area contributed by atoms with Gasteiger partial charge in [0.05, 0.1) is 12.6 Å². The van der Waals surface area contributed by atoms with Crippen molar-refractivity contribution in [2.75, 3.05) is 12.3 Å². The lowest BCUT2D eigenvalue weighted by Crippen LogP contribution is -2.37. The normalized spacial score (nSPS) is 12.1. The standard InChI is InChI=1S/C7H11NOS/c1-3-4-8-7(5-10)6(2)9/h1,7-8,10H,4-5H2,2H3/t7-/m0/s1. The Labute approximate surface area is 66.8 Å². The van der Waals surface area contributed by atoms with Gasteiger partial charge in [-0.15, -0.1) is 6.42 Å². The van der Waals surface area contributed by atoms with Crippen molar-refractivity contribution in [3.63, 3.8) is 0 Å². The van der Waals surface area contributed by atoms with Gasteiger partial charge in [0.1, 0.15) is 5.78 Å². The number of hydrogen-bond acceptors (Lipinski definition) is 3. The van der Waals surface area contributed by atoms with Gasteiger partial charge < -0.3 is 0 Å². The van der Waals surface area contributed by atoms with Crippen LogP contribution in [-0.2, 0) is 4.79 Å². The minimum Gasteiger partial charge on any atom is -0.298 e. The molecule has 10 heavy (non-hydrogen) atoms. The summed E-state index contributed by atoms with van der Waals surface area (Å²) in [5.74, 6) is 2.96. The van der Waals surface area contributed by atoms with E-state index in [2.05, 4.69) is 23.9 Å². The summed E-state index contributed by atoms with van der Waals surface area (Å²) in [6, 6.07) is -0.195. The van der Waals surface area contributed by atoms with E-state index in [1.54, 1.807) is 0 Å². The van der Waals surface area contributed by atoms with Crippen molar-refractivity contribution in [1.29, 1.82) is 0 Å². The largest absolute Gasteiger partial charge is 0.298 e. The molecular weight excluding hydrogens is 146 g/mol. The van der Waals surface area contributed by atoms with Gasteiger partial charge in [0.2, 0.25) is 0 Å². The summed E-state index contributed by atoms with van der Waals surface area (Å²) in [7, 11) is 0. The highest BCUT2D eigenvalue weighted by Crippen LogP contribution is 1.88. The summed E-state index contributed by atoms with van der Waals surface area (Å²) in [6.07, 6.45) is 4.98. The highest BCUT2D eigenvalue weighted by Gasteiger charge is 2.08. The highest BCUT2D eigenvalue weighted by atomic mass is 32.1. The first kappa shape index (κ1) is 9.54. The first-order valence-electron chi connectivity index (χ1n) is 3.00. The first-order chi connectivity index (χ1) is 4.72. The SMILES string of the molecule is C#CCN[C@@H](CS)C(C)=O.